The molecule has 0 bridgehead atoms. The number of tetrazole rings is 1. The van der Waals surface area contributed by atoms with Gasteiger partial charge in [-0.1, -0.05) is 33.8 Å². The maximum absolute atomic E-state index is 13.4. The number of fused-ring (bicyclic) bond motifs is 1. The Bertz CT molecular complexity index is 921. The van der Waals surface area contributed by atoms with Crippen molar-refractivity contribution < 1.29 is 13.9 Å². The number of rotatable bonds is 4. The summed E-state index contributed by atoms with van der Waals surface area (Å²) >= 11 is 5.01. The second kappa shape index (κ2) is 7.01. The first kappa shape index (κ1) is 16.3. The van der Waals surface area contributed by atoms with Gasteiger partial charge in [-0.15, -0.1) is 5.10 Å². The van der Waals surface area contributed by atoms with Gasteiger partial charge in [0.25, 0.3) is 0 Å². The third-order valence-electron chi connectivity index (χ3n) is 3.56. The molecular weight excluding hydrogens is 411 g/mol. The lowest BCUT2D eigenvalue weighted by Crippen LogP contribution is -2.15. The molecule has 128 valence electrons. The molecule has 9 heteroatoms. The van der Waals surface area contributed by atoms with Crippen LogP contribution in [-0.2, 0) is 5.75 Å². The van der Waals surface area contributed by atoms with Crippen LogP contribution < -0.4 is 9.47 Å². The number of aromatic nitrogens is 4. The van der Waals surface area contributed by atoms with Gasteiger partial charge in [0.1, 0.15) is 19.0 Å². The zero-order chi connectivity index (χ0) is 17.2. The Morgan fingerprint density at radius 3 is 2.76 bits per heavy atom. The molecule has 2 heterocycles. The van der Waals surface area contributed by atoms with Gasteiger partial charge in [0.15, 0.2) is 11.5 Å². The average molecular weight is 423 g/mol. The summed E-state index contributed by atoms with van der Waals surface area (Å²) in [4.78, 5) is 0. The van der Waals surface area contributed by atoms with Crippen LogP contribution in [0, 0.1) is 5.82 Å². The maximum Gasteiger partial charge on any atom is 0.214 e. The monoisotopic (exact) mass is 422 g/mol. The predicted molar refractivity (Wildman–Crippen MR) is 93.8 cm³/mol. The zero-order valence-corrected chi connectivity index (χ0v) is 15.3. The van der Waals surface area contributed by atoms with E-state index in [1.54, 1.807) is 12.1 Å². The molecule has 0 N–H and O–H groups in total. The van der Waals surface area contributed by atoms with Gasteiger partial charge in [-0.3, -0.25) is 0 Å². The second-order valence-electron chi connectivity index (χ2n) is 5.23. The number of halogens is 2. The van der Waals surface area contributed by atoms with Crippen molar-refractivity contribution in [2.75, 3.05) is 13.2 Å². The molecule has 0 amide bonds. The van der Waals surface area contributed by atoms with E-state index in [0.717, 1.165) is 21.5 Å². The van der Waals surface area contributed by atoms with Crippen LogP contribution in [0.2, 0.25) is 0 Å². The first-order chi connectivity index (χ1) is 12.2. The molecule has 2 aromatic carbocycles. The van der Waals surface area contributed by atoms with Crippen LogP contribution in [0.15, 0.2) is 46.0 Å². The summed E-state index contributed by atoms with van der Waals surface area (Å²) in [6, 6.07) is 10.00. The van der Waals surface area contributed by atoms with E-state index in [1.165, 1.54) is 28.6 Å². The van der Waals surface area contributed by atoms with Gasteiger partial charge in [0.05, 0.1) is 5.69 Å². The Morgan fingerprint density at radius 2 is 1.96 bits per heavy atom. The number of benzene rings is 2. The number of ether oxygens (including phenoxy) is 2. The fourth-order valence-electron chi connectivity index (χ4n) is 2.40. The van der Waals surface area contributed by atoms with Crippen LogP contribution in [0.5, 0.6) is 11.5 Å². The lowest BCUT2D eigenvalue weighted by Gasteiger charge is -2.19. The maximum atomic E-state index is 13.4. The van der Waals surface area contributed by atoms with Crippen LogP contribution in [0.1, 0.15) is 5.56 Å². The number of hydrogen-bond donors (Lipinski definition) is 0. The summed E-state index contributed by atoms with van der Waals surface area (Å²) in [7, 11) is 0. The minimum atomic E-state index is -0.335. The lowest BCUT2D eigenvalue weighted by molar-refractivity contribution is 0.171. The van der Waals surface area contributed by atoms with Gasteiger partial charge in [-0.05, 0) is 46.3 Å². The average Bonchev–Trinajstić information content (AvgIpc) is 3.08. The molecule has 6 nitrogen and oxygen atoms in total. The standard InChI is InChI=1S/C16H12BrFN4O2S/c17-13-8-15-14(23-4-5-24-15)6-10(13)9-25-16-19-20-21-22(16)12-3-1-2-11(18)7-12/h1-3,6-8H,4-5,9H2. The van der Waals surface area contributed by atoms with E-state index in [9.17, 15) is 4.39 Å². The van der Waals surface area contributed by atoms with Crippen molar-refractivity contribution >= 4 is 27.7 Å². The SMILES string of the molecule is Fc1cccc(-n2nnnc2SCc2cc3c(cc2Br)OCCO3)c1. The summed E-state index contributed by atoms with van der Waals surface area (Å²) in [5, 5.41) is 12.2. The van der Waals surface area contributed by atoms with E-state index in [1.807, 2.05) is 12.1 Å². The molecule has 1 aliphatic rings. The Balaban J connectivity index is 1.56. The van der Waals surface area contributed by atoms with Gasteiger partial charge < -0.3 is 9.47 Å². The topological polar surface area (TPSA) is 62.1 Å². The molecule has 1 aromatic heterocycles. The fraction of sp³-hybridized carbons (Fsp3) is 0.188. The Labute approximate surface area is 155 Å². The van der Waals surface area contributed by atoms with Crippen molar-refractivity contribution in [3.63, 3.8) is 0 Å². The highest BCUT2D eigenvalue weighted by molar-refractivity contribution is 9.10. The molecule has 0 saturated carbocycles. The molecule has 0 saturated heterocycles. The third-order valence-corrected chi connectivity index (χ3v) is 5.27. The molecule has 0 spiro atoms. The van der Waals surface area contributed by atoms with E-state index in [0.29, 0.717) is 29.8 Å². The van der Waals surface area contributed by atoms with Crippen LogP contribution in [0.3, 0.4) is 0 Å². The summed E-state index contributed by atoms with van der Waals surface area (Å²) in [5.74, 6) is 1.75. The molecule has 1 aliphatic heterocycles. The van der Waals surface area contributed by atoms with Crippen molar-refractivity contribution in [2.45, 2.75) is 10.9 Å². The van der Waals surface area contributed by atoms with Gasteiger partial charge in [-0.25, -0.2) is 4.39 Å². The van der Waals surface area contributed by atoms with E-state index in [2.05, 4.69) is 31.5 Å². The highest BCUT2D eigenvalue weighted by atomic mass is 79.9. The van der Waals surface area contributed by atoms with Crippen molar-refractivity contribution in [2.24, 2.45) is 0 Å². The van der Waals surface area contributed by atoms with Crippen molar-refractivity contribution in [1.82, 2.24) is 20.2 Å². The van der Waals surface area contributed by atoms with Crippen molar-refractivity contribution in [3.05, 3.63) is 52.3 Å². The van der Waals surface area contributed by atoms with Crippen LogP contribution in [0.25, 0.3) is 5.69 Å². The zero-order valence-electron chi connectivity index (χ0n) is 12.9. The second-order valence-corrected chi connectivity index (χ2v) is 7.03. The van der Waals surface area contributed by atoms with E-state index < -0.39 is 0 Å². The van der Waals surface area contributed by atoms with Gasteiger partial charge >= 0.3 is 0 Å². The van der Waals surface area contributed by atoms with Gasteiger partial charge in [-0.2, -0.15) is 4.68 Å². The molecule has 3 aromatic rings. The normalized spacial score (nSPS) is 13.0. The van der Waals surface area contributed by atoms with Gasteiger partial charge in [0, 0.05) is 10.2 Å². The Morgan fingerprint density at radius 1 is 1.16 bits per heavy atom. The first-order valence-electron chi connectivity index (χ1n) is 7.46. The smallest absolute Gasteiger partial charge is 0.214 e. The van der Waals surface area contributed by atoms with Crippen LogP contribution in [0.4, 0.5) is 4.39 Å². The minimum Gasteiger partial charge on any atom is -0.486 e. The highest BCUT2D eigenvalue weighted by Crippen LogP contribution is 2.37. The largest absolute Gasteiger partial charge is 0.486 e. The fourth-order valence-corrected chi connectivity index (χ4v) is 3.93. The number of nitrogens with zero attached hydrogens (tertiary/aromatic N) is 4. The summed E-state index contributed by atoms with van der Waals surface area (Å²) in [6.45, 7) is 1.09. The predicted octanol–water partition coefficient (Wildman–Crippen LogP) is 3.63. The van der Waals surface area contributed by atoms with Crippen molar-refractivity contribution in [1.29, 1.82) is 0 Å². The highest BCUT2D eigenvalue weighted by Gasteiger charge is 2.16. The molecule has 0 aliphatic carbocycles. The molecule has 0 fully saturated rings. The molecule has 0 unspecified atom stereocenters. The summed E-state index contributed by atoms with van der Waals surface area (Å²) in [5.41, 5.74) is 1.61. The number of hydrogen-bond acceptors (Lipinski definition) is 6. The molecule has 25 heavy (non-hydrogen) atoms. The molecular formula is C16H12BrFN4O2S. The molecule has 4 rings (SSSR count). The molecule has 0 atom stereocenters. The summed E-state index contributed by atoms with van der Waals surface area (Å²) < 4.78 is 27.1. The Kier molecular flexibility index (Phi) is 4.58. The quantitative estimate of drug-likeness (QED) is 0.598. The Hall–Kier alpha value is -2.13. The van der Waals surface area contributed by atoms with Gasteiger partial charge in [0.2, 0.25) is 5.16 Å². The van der Waals surface area contributed by atoms with Crippen LogP contribution >= 0.6 is 27.7 Å². The first-order valence-corrected chi connectivity index (χ1v) is 9.24. The van der Waals surface area contributed by atoms with E-state index >= 15 is 0 Å². The third kappa shape index (κ3) is 3.47. The lowest BCUT2D eigenvalue weighted by atomic mass is 10.2. The molecule has 0 radical (unpaired) electrons. The van der Waals surface area contributed by atoms with Crippen LogP contribution in [-0.4, -0.2) is 33.4 Å². The van der Waals surface area contributed by atoms with Crippen molar-refractivity contribution in [3.8, 4) is 17.2 Å². The summed E-state index contributed by atoms with van der Waals surface area (Å²) in [6.07, 6.45) is 0. The van der Waals surface area contributed by atoms with E-state index in [4.69, 9.17) is 9.47 Å². The van der Waals surface area contributed by atoms with E-state index in [-0.39, 0.29) is 5.82 Å². The minimum absolute atomic E-state index is 0.335. The number of thioether (sulfide) groups is 1.